The van der Waals surface area contributed by atoms with Gasteiger partial charge in [0.25, 0.3) is 0 Å². The summed E-state index contributed by atoms with van der Waals surface area (Å²) in [5.41, 5.74) is 3.84. The van der Waals surface area contributed by atoms with Crippen molar-refractivity contribution >= 4 is 17.6 Å². The second kappa shape index (κ2) is 13.7. The number of hydrogen-bond donors (Lipinski definition) is 0. The smallest absolute Gasteiger partial charge is 0.425 e. The predicted molar refractivity (Wildman–Crippen MR) is 163 cm³/mol. The van der Waals surface area contributed by atoms with Gasteiger partial charge in [0.05, 0.1) is 45.9 Å². The van der Waals surface area contributed by atoms with Crippen LogP contribution < -0.4 is 19.1 Å². The lowest BCUT2D eigenvalue weighted by Gasteiger charge is -2.26. The number of hydrogen-bond acceptors (Lipinski definition) is 9. The molecule has 5 rings (SSSR count). The van der Waals surface area contributed by atoms with Gasteiger partial charge in [-0.25, -0.2) is 19.7 Å². The molecular formula is C32H38N6O5. The Kier molecular flexibility index (Phi) is 9.53. The summed E-state index contributed by atoms with van der Waals surface area (Å²) in [5.74, 6) is 2.44. The Labute approximate surface area is 252 Å². The third-order valence-corrected chi connectivity index (χ3v) is 7.32. The SMILES string of the molecule is COc1ccc(N(C(=O)Oc2c(C)cccc2C)c2cc(C)nc(Cc3cnn(CCN4CCOCC4)c3)n2)c(OC)c1. The molecule has 1 aliphatic heterocycles. The quantitative estimate of drug-likeness (QED) is 0.257. The summed E-state index contributed by atoms with van der Waals surface area (Å²) in [6.07, 6.45) is 3.68. The predicted octanol–water partition coefficient (Wildman–Crippen LogP) is 4.88. The maximum absolute atomic E-state index is 14.0. The molecule has 0 unspecified atom stereocenters. The summed E-state index contributed by atoms with van der Waals surface area (Å²) in [4.78, 5) is 27.2. The van der Waals surface area contributed by atoms with E-state index in [9.17, 15) is 4.79 Å². The van der Waals surface area contributed by atoms with Gasteiger partial charge in [-0.15, -0.1) is 0 Å². The Morgan fingerprint density at radius 3 is 2.47 bits per heavy atom. The number of methoxy groups -OCH3 is 2. The second-order valence-corrected chi connectivity index (χ2v) is 10.5. The van der Waals surface area contributed by atoms with Crippen LogP contribution in [0.3, 0.4) is 0 Å². The summed E-state index contributed by atoms with van der Waals surface area (Å²) < 4.78 is 24.4. The van der Waals surface area contributed by atoms with Crippen LogP contribution in [0.2, 0.25) is 0 Å². The summed E-state index contributed by atoms with van der Waals surface area (Å²) in [5, 5.41) is 4.55. The maximum atomic E-state index is 14.0. The summed E-state index contributed by atoms with van der Waals surface area (Å²) >= 11 is 0. The van der Waals surface area contributed by atoms with Crippen molar-refractivity contribution in [3.63, 3.8) is 0 Å². The molecule has 0 spiro atoms. The Hall–Kier alpha value is -4.48. The minimum Gasteiger partial charge on any atom is -0.497 e. The van der Waals surface area contributed by atoms with Crippen molar-refractivity contribution in [2.45, 2.75) is 33.7 Å². The van der Waals surface area contributed by atoms with Crippen LogP contribution in [0.25, 0.3) is 0 Å². The molecule has 4 aromatic rings. The number of nitrogens with zero attached hydrogens (tertiary/aromatic N) is 6. The number of aryl methyl sites for hydroxylation is 3. The van der Waals surface area contributed by atoms with Crippen molar-refractivity contribution in [1.29, 1.82) is 0 Å². The van der Waals surface area contributed by atoms with Crippen molar-refractivity contribution in [1.82, 2.24) is 24.6 Å². The van der Waals surface area contributed by atoms with Gasteiger partial charge < -0.3 is 18.9 Å². The van der Waals surface area contributed by atoms with Gasteiger partial charge in [0.1, 0.15) is 28.9 Å². The highest BCUT2D eigenvalue weighted by atomic mass is 16.6. The van der Waals surface area contributed by atoms with E-state index >= 15 is 0 Å². The van der Waals surface area contributed by atoms with Gasteiger partial charge in [-0.2, -0.15) is 5.10 Å². The van der Waals surface area contributed by atoms with Gasteiger partial charge in [-0.05, 0) is 49.6 Å². The van der Waals surface area contributed by atoms with E-state index in [1.54, 1.807) is 38.5 Å². The zero-order valence-electron chi connectivity index (χ0n) is 25.4. The molecule has 11 heteroatoms. The third-order valence-electron chi connectivity index (χ3n) is 7.32. The first kappa shape index (κ1) is 30.0. The van der Waals surface area contributed by atoms with E-state index in [0.29, 0.717) is 46.7 Å². The van der Waals surface area contributed by atoms with Crippen LogP contribution in [0.15, 0.2) is 54.9 Å². The molecule has 226 valence electrons. The van der Waals surface area contributed by atoms with Crippen LogP contribution in [0.5, 0.6) is 17.2 Å². The number of aromatic nitrogens is 4. The molecule has 11 nitrogen and oxygen atoms in total. The van der Waals surface area contributed by atoms with Crippen molar-refractivity contribution in [2.24, 2.45) is 0 Å². The summed E-state index contributed by atoms with van der Waals surface area (Å²) in [7, 11) is 3.12. The van der Waals surface area contributed by atoms with E-state index in [2.05, 4.69) is 15.0 Å². The molecule has 0 bridgehead atoms. The average Bonchev–Trinajstić information content (AvgIpc) is 3.45. The fourth-order valence-corrected chi connectivity index (χ4v) is 5.06. The number of para-hydroxylation sites is 1. The molecule has 43 heavy (non-hydrogen) atoms. The normalized spacial score (nSPS) is 13.5. The summed E-state index contributed by atoms with van der Waals surface area (Å²) in [6, 6.07) is 12.7. The van der Waals surface area contributed by atoms with E-state index in [-0.39, 0.29) is 0 Å². The number of anilines is 2. The second-order valence-electron chi connectivity index (χ2n) is 10.5. The van der Waals surface area contributed by atoms with Crippen LogP contribution in [0.1, 0.15) is 28.2 Å². The van der Waals surface area contributed by atoms with Crippen molar-refractivity contribution in [3.05, 3.63) is 83.1 Å². The van der Waals surface area contributed by atoms with Gasteiger partial charge in [0.2, 0.25) is 0 Å². The minimum atomic E-state index is -0.624. The van der Waals surface area contributed by atoms with Crippen LogP contribution >= 0.6 is 0 Å². The molecule has 0 saturated carbocycles. The molecule has 1 fully saturated rings. The number of carbonyl (C=O) groups is 1. The molecule has 1 amide bonds. The number of ether oxygens (including phenoxy) is 4. The number of carbonyl (C=O) groups excluding carboxylic acids is 1. The fraction of sp³-hybridized carbons (Fsp3) is 0.375. The number of morpholine rings is 1. The Morgan fingerprint density at radius 2 is 1.74 bits per heavy atom. The van der Waals surface area contributed by atoms with Crippen LogP contribution in [-0.4, -0.2) is 77.8 Å². The van der Waals surface area contributed by atoms with Gasteiger partial charge in [-0.3, -0.25) is 9.58 Å². The first-order valence-corrected chi connectivity index (χ1v) is 14.3. The zero-order valence-corrected chi connectivity index (χ0v) is 25.4. The highest BCUT2D eigenvalue weighted by Crippen LogP contribution is 2.37. The van der Waals surface area contributed by atoms with Crippen molar-refractivity contribution in [2.75, 3.05) is 52.0 Å². The lowest BCUT2D eigenvalue weighted by molar-refractivity contribution is 0.0359. The van der Waals surface area contributed by atoms with Crippen LogP contribution in [0.4, 0.5) is 16.3 Å². The Bertz CT molecular complexity index is 1550. The van der Waals surface area contributed by atoms with Crippen molar-refractivity contribution in [3.8, 4) is 17.2 Å². The van der Waals surface area contributed by atoms with Crippen LogP contribution in [-0.2, 0) is 17.7 Å². The minimum absolute atomic E-state index is 0.363. The molecule has 3 heterocycles. The molecular weight excluding hydrogens is 548 g/mol. The van der Waals surface area contributed by atoms with E-state index in [4.69, 9.17) is 23.9 Å². The van der Waals surface area contributed by atoms with Crippen molar-refractivity contribution < 1.29 is 23.7 Å². The molecule has 0 atom stereocenters. The highest BCUT2D eigenvalue weighted by Gasteiger charge is 2.27. The molecule has 0 N–H and O–H groups in total. The van der Waals surface area contributed by atoms with E-state index in [0.717, 1.165) is 56.1 Å². The zero-order chi connectivity index (χ0) is 30.3. The van der Waals surface area contributed by atoms with Gasteiger partial charge in [0.15, 0.2) is 0 Å². The molecule has 0 aliphatic carbocycles. The van der Waals surface area contributed by atoms with E-state index < -0.39 is 6.09 Å². The lowest BCUT2D eigenvalue weighted by atomic mass is 10.1. The first-order valence-electron chi connectivity index (χ1n) is 14.3. The number of amides is 1. The standard InChI is InChI=1S/C32H38N6O5/c1-22-7-6-8-23(2)31(22)43-32(39)38(27-10-9-26(40-4)19-28(27)41-5)30-17-24(3)34-29(35-30)18-25-20-33-37(21-25)12-11-36-13-15-42-16-14-36/h6-10,17,19-21H,11-16,18H2,1-5H3. The average molecular weight is 587 g/mol. The Morgan fingerprint density at radius 1 is 0.977 bits per heavy atom. The van der Waals surface area contributed by atoms with E-state index in [1.807, 2.05) is 56.0 Å². The fourth-order valence-electron chi connectivity index (χ4n) is 5.06. The molecule has 2 aromatic carbocycles. The monoisotopic (exact) mass is 586 g/mol. The molecule has 2 aromatic heterocycles. The molecule has 0 radical (unpaired) electrons. The van der Waals surface area contributed by atoms with Gasteiger partial charge in [0, 0.05) is 50.1 Å². The Balaban J connectivity index is 1.44. The number of benzene rings is 2. The number of rotatable bonds is 10. The molecule has 1 saturated heterocycles. The van der Waals surface area contributed by atoms with Crippen LogP contribution in [0, 0.1) is 20.8 Å². The highest BCUT2D eigenvalue weighted by molar-refractivity contribution is 5.98. The van der Waals surface area contributed by atoms with Gasteiger partial charge in [-0.1, -0.05) is 18.2 Å². The van der Waals surface area contributed by atoms with Gasteiger partial charge >= 0.3 is 6.09 Å². The molecule has 1 aliphatic rings. The maximum Gasteiger partial charge on any atom is 0.425 e. The van der Waals surface area contributed by atoms with E-state index in [1.165, 1.54) is 4.90 Å². The largest absolute Gasteiger partial charge is 0.497 e. The topological polar surface area (TPSA) is 104 Å². The first-order chi connectivity index (χ1) is 20.8. The summed E-state index contributed by atoms with van der Waals surface area (Å²) in [6.45, 7) is 10.8. The lowest BCUT2D eigenvalue weighted by Crippen LogP contribution is -2.38. The third kappa shape index (κ3) is 7.30.